The van der Waals surface area contributed by atoms with E-state index in [1.807, 2.05) is 18.2 Å². The summed E-state index contributed by atoms with van der Waals surface area (Å²) in [5.74, 6) is -0.262. The molecule has 112 valence electrons. The van der Waals surface area contributed by atoms with Gasteiger partial charge in [0.05, 0.1) is 5.39 Å². The van der Waals surface area contributed by atoms with Gasteiger partial charge in [-0.3, -0.25) is 4.98 Å². The number of thiophene rings is 1. The highest BCUT2D eigenvalue weighted by Gasteiger charge is 2.18. The average molecular weight is 314 g/mol. The van der Waals surface area contributed by atoms with Crippen LogP contribution in [0.2, 0.25) is 0 Å². The fourth-order valence-corrected chi connectivity index (χ4v) is 3.25. The fraction of sp³-hybridized carbons (Fsp3) is 0.200. The third-order valence-electron chi connectivity index (χ3n) is 3.32. The van der Waals surface area contributed by atoms with Crippen molar-refractivity contribution in [1.29, 1.82) is 0 Å². The second-order valence-corrected chi connectivity index (χ2v) is 5.76. The molecule has 6 nitrogen and oxygen atoms in total. The number of carboxylic acids is 1. The Morgan fingerprint density at radius 1 is 1.32 bits per heavy atom. The van der Waals surface area contributed by atoms with Crippen LogP contribution in [0, 0.1) is 6.92 Å². The van der Waals surface area contributed by atoms with Crippen LogP contribution in [0.15, 0.2) is 30.7 Å². The van der Waals surface area contributed by atoms with Gasteiger partial charge >= 0.3 is 5.97 Å². The van der Waals surface area contributed by atoms with Crippen LogP contribution >= 0.6 is 11.3 Å². The monoisotopic (exact) mass is 314 g/mol. The largest absolute Gasteiger partial charge is 0.477 e. The molecule has 0 unspecified atom stereocenters. The molecule has 0 fully saturated rings. The molecule has 0 spiro atoms. The third-order valence-corrected chi connectivity index (χ3v) is 4.51. The van der Waals surface area contributed by atoms with Gasteiger partial charge in [-0.1, -0.05) is 6.07 Å². The number of nitrogens with one attached hydrogen (secondary N) is 1. The number of aromatic nitrogens is 3. The lowest BCUT2D eigenvalue weighted by Gasteiger charge is -2.06. The summed E-state index contributed by atoms with van der Waals surface area (Å²) < 4.78 is 0. The maximum atomic E-state index is 11.2. The molecule has 0 amide bonds. The van der Waals surface area contributed by atoms with Gasteiger partial charge in [0.2, 0.25) is 0 Å². The van der Waals surface area contributed by atoms with Crippen molar-refractivity contribution in [2.24, 2.45) is 0 Å². The van der Waals surface area contributed by atoms with Crippen LogP contribution in [0.3, 0.4) is 0 Å². The molecule has 0 saturated carbocycles. The molecule has 22 heavy (non-hydrogen) atoms. The molecular weight excluding hydrogens is 300 g/mol. The molecule has 0 saturated heterocycles. The van der Waals surface area contributed by atoms with Crippen molar-refractivity contribution in [2.45, 2.75) is 13.3 Å². The molecule has 3 aromatic rings. The molecule has 3 heterocycles. The molecule has 0 aliphatic heterocycles. The highest BCUT2D eigenvalue weighted by atomic mass is 32.1. The second-order valence-electron chi connectivity index (χ2n) is 4.76. The van der Waals surface area contributed by atoms with E-state index in [1.165, 1.54) is 17.7 Å². The number of carbonyl (C=O) groups is 1. The molecule has 3 rings (SSSR count). The molecule has 7 heteroatoms. The predicted molar refractivity (Wildman–Crippen MR) is 85.5 cm³/mol. The van der Waals surface area contributed by atoms with Crippen LogP contribution in [-0.2, 0) is 6.42 Å². The topological polar surface area (TPSA) is 88.0 Å². The number of pyridine rings is 1. The smallest absolute Gasteiger partial charge is 0.346 e. The van der Waals surface area contributed by atoms with Gasteiger partial charge in [-0.2, -0.15) is 0 Å². The molecule has 0 aliphatic rings. The number of hydrogen-bond donors (Lipinski definition) is 2. The van der Waals surface area contributed by atoms with Crippen molar-refractivity contribution in [1.82, 2.24) is 15.0 Å². The number of aryl methyl sites for hydroxylation is 1. The van der Waals surface area contributed by atoms with Crippen molar-refractivity contribution in [2.75, 3.05) is 11.9 Å². The zero-order valence-corrected chi connectivity index (χ0v) is 12.7. The van der Waals surface area contributed by atoms with E-state index in [0.29, 0.717) is 27.6 Å². The minimum Gasteiger partial charge on any atom is -0.477 e. The minimum absolute atomic E-state index is 0.309. The van der Waals surface area contributed by atoms with Gasteiger partial charge in [-0.15, -0.1) is 11.3 Å². The van der Waals surface area contributed by atoms with Crippen LogP contribution in [0.5, 0.6) is 0 Å². The summed E-state index contributed by atoms with van der Waals surface area (Å²) in [7, 11) is 0. The van der Waals surface area contributed by atoms with E-state index in [4.69, 9.17) is 0 Å². The van der Waals surface area contributed by atoms with Gasteiger partial charge in [-0.25, -0.2) is 14.8 Å². The van der Waals surface area contributed by atoms with E-state index >= 15 is 0 Å². The van der Waals surface area contributed by atoms with Gasteiger partial charge in [-0.05, 0) is 24.6 Å². The van der Waals surface area contributed by atoms with Crippen molar-refractivity contribution in [3.05, 3.63) is 46.9 Å². The van der Waals surface area contributed by atoms with Crippen LogP contribution < -0.4 is 5.32 Å². The Morgan fingerprint density at radius 2 is 2.18 bits per heavy atom. The zero-order chi connectivity index (χ0) is 15.5. The summed E-state index contributed by atoms with van der Waals surface area (Å²) in [6.45, 7) is 2.45. The summed E-state index contributed by atoms with van der Waals surface area (Å²) in [4.78, 5) is 24.9. The first kappa shape index (κ1) is 14.4. The van der Waals surface area contributed by atoms with Crippen molar-refractivity contribution in [3.8, 4) is 0 Å². The van der Waals surface area contributed by atoms with Crippen LogP contribution in [-0.4, -0.2) is 32.6 Å². The quantitative estimate of drug-likeness (QED) is 0.753. The minimum atomic E-state index is -0.931. The Balaban J connectivity index is 1.83. The number of nitrogens with zero attached hydrogens (tertiary/aromatic N) is 3. The highest BCUT2D eigenvalue weighted by molar-refractivity contribution is 7.20. The number of carboxylic acid groups (broad SMARTS) is 1. The number of rotatable bonds is 5. The summed E-state index contributed by atoms with van der Waals surface area (Å²) in [6.07, 6.45) is 3.98. The average Bonchev–Trinajstić information content (AvgIpc) is 2.87. The van der Waals surface area contributed by atoms with E-state index < -0.39 is 5.97 Å². The van der Waals surface area contributed by atoms with E-state index in [-0.39, 0.29) is 0 Å². The predicted octanol–water partition coefficient (Wildman–Crippen LogP) is 2.75. The first-order valence-electron chi connectivity index (χ1n) is 6.78. The Labute approximate surface area is 130 Å². The summed E-state index contributed by atoms with van der Waals surface area (Å²) in [5.41, 5.74) is 1.70. The molecular formula is C15H14N4O2S. The molecule has 0 atom stereocenters. The van der Waals surface area contributed by atoms with Gasteiger partial charge in [0, 0.05) is 24.9 Å². The molecule has 0 aliphatic carbocycles. The van der Waals surface area contributed by atoms with E-state index in [1.54, 1.807) is 13.1 Å². The maximum absolute atomic E-state index is 11.2. The maximum Gasteiger partial charge on any atom is 0.346 e. The molecule has 0 aromatic carbocycles. The van der Waals surface area contributed by atoms with Crippen LogP contribution in [0.1, 0.15) is 20.9 Å². The highest BCUT2D eigenvalue weighted by Crippen LogP contribution is 2.33. The Morgan fingerprint density at radius 3 is 2.91 bits per heavy atom. The lowest BCUT2D eigenvalue weighted by Crippen LogP contribution is -2.08. The standard InChI is InChI=1S/C15H14N4O2S/c1-9-11-13(17-7-5-10-4-2-3-6-16-10)18-8-19-14(11)22-12(9)15(20)21/h2-4,6,8H,5,7H2,1H3,(H,20,21)(H,17,18,19). The van der Waals surface area contributed by atoms with Crippen molar-refractivity contribution >= 4 is 33.3 Å². The first-order chi connectivity index (χ1) is 10.7. The zero-order valence-electron chi connectivity index (χ0n) is 11.9. The molecule has 0 bridgehead atoms. The number of fused-ring (bicyclic) bond motifs is 1. The third kappa shape index (κ3) is 2.75. The lowest BCUT2D eigenvalue weighted by atomic mass is 10.2. The molecule has 0 radical (unpaired) electrons. The van der Waals surface area contributed by atoms with Gasteiger partial charge in [0.1, 0.15) is 21.9 Å². The van der Waals surface area contributed by atoms with Crippen molar-refractivity contribution in [3.63, 3.8) is 0 Å². The van der Waals surface area contributed by atoms with Crippen LogP contribution in [0.25, 0.3) is 10.2 Å². The first-order valence-corrected chi connectivity index (χ1v) is 7.59. The fourth-order valence-electron chi connectivity index (χ4n) is 2.26. The second kappa shape index (κ2) is 6.07. The Hall–Kier alpha value is -2.54. The normalized spacial score (nSPS) is 10.8. The van der Waals surface area contributed by atoms with Crippen molar-refractivity contribution < 1.29 is 9.90 Å². The van der Waals surface area contributed by atoms with E-state index in [0.717, 1.165) is 17.5 Å². The molecule has 3 aromatic heterocycles. The number of aromatic carboxylic acids is 1. The summed E-state index contributed by atoms with van der Waals surface area (Å²) in [5, 5.41) is 13.3. The Bertz CT molecular complexity index is 817. The molecule has 2 N–H and O–H groups in total. The van der Waals surface area contributed by atoms with E-state index in [9.17, 15) is 9.90 Å². The van der Waals surface area contributed by atoms with Crippen LogP contribution in [0.4, 0.5) is 5.82 Å². The van der Waals surface area contributed by atoms with Gasteiger partial charge < -0.3 is 10.4 Å². The van der Waals surface area contributed by atoms with Gasteiger partial charge in [0.15, 0.2) is 0 Å². The van der Waals surface area contributed by atoms with E-state index in [2.05, 4.69) is 20.3 Å². The summed E-state index contributed by atoms with van der Waals surface area (Å²) in [6, 6.07) is 5.80. The lowest BCUT2D eigenvalue weighted by molar-refractivity contribution is 0.0701. The Kier molecular flexibility index (Phi) is 3.97. The number of anilines is 1. The SMILES string of the molecule is Cc1c(C(=O)O)sc2ncnc(NCCc3ccccn3)c12. The number of hydrogen-bond acceptors (Lipinski definition) is 6. The summed E-state index contributed by atoms with van der Waals surface area (Å²) >= 11 is 1.17. The van der Waals surface area contributed by atoms with Gasteiger partial charge in [0.25, 0.3) is 0 Å².